The number of unbranched alkanes of at least 4 members (excludes halogenated alkanes) is 3. The molecule has 1 aromatic carbocycles. The lowest BCUT2D eigenvalue weighted by atomic mass is 9.90. The van der Waals surface area contributed by atoms with Crippen molar-refractivity contribution in [3.8, 4) is 5.75 Å². The summed E-state index contributed by atoms with van der Waals surface area (Å²) in [5.74, 6) is 0.468. The Morgan fingerprint density at radius 2 is 1.85 bits per heavy atom. The molecule has 0 aliphatic carbocycles. The fraction of sp³-hybridized carbons (Fsp3) is 0.350. The van der Waals surface area contributed by atoms with Crippen molar-refractivity contribution >= 4 is 12.2 Å². The van der Waals surface area contributed by atoms with Crippen LogP contribution in [0.25, 0.3) is 0 Å². The lowest BCUT2D eigenvalue weighted by Gasteiger charge is -2.14. The predicted octanol–water partition coefficient (Wildman–Crippen LogP) is 4.82. The summed E-state index contributed by atoms with van der Waals surface area (Å²) in [6.45, 7) is 0.846. The summed E-state index contributed by atoms with van der Waals surface area (Å²) in [4.78, 5) is 0. The summed E-state index contributed by atoms with van der Waals surface area (Å²) in [7, 11) is 0. The first-order valence-corrected chi connectivity index (χ1v) is 9.46. The van der Waals surface area contributed by atoms with E-state index in [1.807, 2.05) is 29.1 Å². The number of aromatic hydroxyl groups is 1. The highest BCUT2D eigenvalue weighted by Gasteiger charge is 2.16. The third-order valence-corrected chi connectivity index (χ3v) is 5.08. The largest absolute Gasteiger partial charge is 0.505 e. The normalized spacial score (nSPS) is 12.2. The van der Waals surface area contributed by atoms with Crippen LogP contribution in [-0.2, 0) is 6.54 Å². The number of nitrogens with zero attached hydrogens (tertiary/aromatic N) is 3. The molecule has 2 heterocycles. The zero-order chi connectivity index (χ0) is 18.2. The summed E-state index contributed by atoms with van der Waals surface area (Å²) in [5, 5.41) is 20.6. The zero-order valence-corrected chi connectivity index (χ0v) is 15.5. The van der Waals surface area contributed by atoms with E-state index in [4.69, 9.17) is 12.2 Å². The SMILES string of the molecule is Oc1cccn(CCCCCCC(c2ccccc2)c2c[nH]nn2)c1=S. The Hall–Kier alpha value is -2.47. The van der Waals surface area contributed by atoms with Crippen LogP contribution in [0.15, 0.2) is 54.9 Å². The maximum absolute atomic E-state index is 9.66. The average molecular weight is 369 g/mol. The van der Waals surface area contributed by atoms with Gasteiger partial charge in [-0.05, 0) is 30.5 Å². The van der Waals surface area contributed by atoms with Crippen LogP contribution in [0.2, 0.25) is 0 Å². The van der Waals surface area contributed by atoms with Crippen LogP contribution in [0.5, 0.6) is 5.75 Å². The Labute approximate surface area is 158 Å². The molecule has 0 amide bonds. The van der Waals surface area contributed by atoms with Crippen molar-refractivity contribution in [2.75, 3.05) is 0 Å². The first kappa shape index (κ1) is 18.3. The molecule has 0 fully saturated rings. The first-order chi connectivity index (χ1) is 12.8. The molecule has 2 aromatic heterocycles. The average Bonchev–Trinajstić information content (AvgIpc) is 3.19. The van der Waals surface area contributed by atoms with Gasteiger partial charge >= 0.3 is 0 Å². The minimum Gasteiger partial charge on any atom is -0.505 e. The summed E-state index contributed by atoms with van der Waals surface area (Å²) in [6, 6.07) is 13.9. The summed E-state index contributed by atoms with van der Waals surface area (Å²) < 4.78 is 2.45. The number of benzene rings is 1. The van der Waals surface area contributed by atoms with Crippen molar-refractivity contribution in [3.05, 3.63) is 70.8 Å². The van der Waals surface area contributed by atoms with Crippen LogP contribution in [0.4, 0.5) is 0 Å². The van der Waals surface area contributed by atoms with Gasteiger partial charge in [0.2, 0.25) is 0 Å². The molecule has 136 valence electrons. The van der Waals surface area contributed by atoms with Gasteiger partial charge in [-0.2, -0.15) is 0 Å². The number of aromatic nitrogens is 4. The Bertz CT molecular complexity index is 846. The van der Waals surface area contributed by atoms with Crippen LogP contribution < -0.4 is 0 Å². The highest BCUT2D eigenvalue weighted by atomic mass is 32.1. The van der Waals surface area contributed by atoms with E-state index >= 15 is 0 Å². The standard InChI is InChI=1S/C20H24N4OS/c25-19-12-8-14-24(20(19)26)13-7-2-1-6-11-17(18-15-21-23-22-18)16-9-4-3-5-10-16/h3-5,8-10,12,14-15,17,25H,1-2,6-7,11,13H2,(H,21,22,23). The summed E-state index contributed by atoms with van der Waals surface area (Å²) in [5.41, 5.74) is 2.29. The molecule has 2 N–H and O–H groups in total. The molecule has 1 unspecified atom stereocenters. The monoisotopic (exact) mass is 368 g/mol. The van der Waals surface area contributed by atoms with Gasteiger partial charge in [-0.1, -0.05) is 67.0 Å². The minimum absolute atomic E-state index is 0.181. The van der Waals surface area contributed by atoms with E-state index in [0.717, 1.165) is 44.3 Å². The van der Waals surface area contributed by atoms with Gasteiger partial charge in [-0.3, -0.25) is 5.10 Å². The molecular weight excluding hydrogens is 344 g/mol. The lowest BCUT2D eigenvalue weighted by molar-refractivity contribution is 0.458. The van der Waals surface area contributed by atoms with Crippen LogP contribution in [0.3, 0.4) is 0 Å². The Morgan fingerprint density at radius 3 is 2.62 bits per heavy atom. The molecule has 6 heteroatoms. The Morgan fingerprint density at radius 1 is 1.04 bits per heavy atom. The molecule has 0 bridgehead atoms. The van der Waals surface area contributed by atoms with Crippen molar-refractivity contribution in [2.24, 2.45) is 0 Å². The number of H-pyrrole nitrogens is 1. The molecule has 0 aliphatic heterocycles. The number of rotatable bonds is 9. The Balaban J connectivity index is 1.47. The van der Waals surface area contributed by atoms with Crippen molar-refractivity contribution in [3.63, 3.8) is 0 Å². The second-order valence-corrected chi connectivity index (χ2v) is 6.84. The van der Waals surface area contributed by atoms with Crippen LogP contribution >= 0.6 is 12.2 Å². The highest BCUT2D eigenvalue weighted by molar-refractivity contribution is 7.71. The number of nitrogens with one attached hydrogen (secondary N) is 1. The lowest BCUT2D eigenvalue weighted by Crippen LogP contribution is -2.03. The first-order valence-electron chi connectivity index (χ1n) is 9.05. The quantitative estimate of drug-likeness (QED) is 0.419. The van der Waals surface area contributed by atoms with E-state index in [0.29, 0.717) is 4.64 Å². The highest BCUT2D eigenvalue weighted by Crippen LogP contribution is 2.28. The molecule has 3 rings (SSSR count). The van der Waals surface area contributed by atoms with Gasteiger partial charge in [-0.15, -0.1) is 5.10 Å². The van der Waals surface area contributed by atoms with Crippen molar-refractivity contribution in [1.82, 2.24) is 20.0 Å². The zero-order valence-electron chi connectivity index (χ0n) is 14.7. The third kappa shape index (κ3) is 4.79. The molecule has 0 aliphatic rings. The third-order valence-electron chi connectivity index (χ3n) is 4.64. The van der Waals surface area contributed by atoms with E-state index < -0.39 is 0 Å². The van der Waals surface area contributed by atoms with Gasteiger partial charge < -0.3 is 9.67 Å². The second-order valence-electron chi connectivity index (χ2n) is 6.46. The molecule has 3 aromatic rings. The van der Waals surface area contributed by atoms with Crippen molar-refractivity contribution < 1.29 is 5.11 Å². The molecule has 0 spiro atoms. The molecule has 0 radical (unpaired) electrons. The van der Waals surface area contributed by atoms with Crippen LogP contribution in [0.1, 0.15) is 49.3 Å². The molecule has 1 atom stereocenters. The van der Waals surface area contributed by atoms with Gasteiger partial charge in [-0.25, -0.2) is 0 Å². The van der Waals surface area contributed by atoms with E-state index in [-0.39, 0.29) is 11.7 Å². The van der Waals surface area contributed by atoms with Crippen LogP contribution in [-0.4, -0.2) is 25.1 Å². The number of hydrogen-bond donors (Lipinski definition) is 2. The summed E-state index contributed by atoms with van der Waals surface area (Å²) >= 11 is 5.23. The maximum Gasteiger partial charge on any atom is 0.150 e. The second kappa shape index (κ2) is 9.29. The summed E-state index contributed by atoms with van der Waals surface area (Å²) in [6.07, 6.45) is 9.36. The molecular formula is C20H24N4OS. The Kier molecular flexibility index (Phi) is 6.55. The number of aromatic amines is 1. The van der Waals surface area contributed by atoms with E-state index in [1.54, 1.807) is 6.07 Å². The molecule has 0 saturated heterocycles. The van der Waals surface area contributed by atoms with Crippen molar-refractivity contribution in [1.29, 1.82) is 0 Å². The minimum atomic E-state index is 0.181. The van der Waals surface area contributed by atoms with E-state index in [1.165, 1.54) is 5.56 Å². The van der Waals surface area contributed by atoms with Gasteiger partial charge in [0.05, 0.1) is 5.69 Å². The molecule has 26 heavy (non-hydrogen) atoms. The fourth-order valence-electron chi connectivity index (χ4n) is 3.24. The van der Waals surface area contributed by atoms with Gasteiger partial charge in [0.15, 0.2) is 0 Å². The predicted molar refractivity (Wildman–Crippen MR) is 105 cm³/mol. The van der Waals surface area contributed by atoms with Crippen molar-refractivity contribution in [2.45, 2.75) is 44.6 Å². The van der Waals surface area contributed by atoms with Gasteiger partial charge in [0, 0.05) is 24.9 Å². The molecule has 0 saturated carbocycles. The number of hydrogen-bond acceptors (Lipinski definition) is 4. The maximum atomic E-state index is 9.66. The smallest absolute Gasteiger partial charge is 0.150 e. The van der Waals surface area contributed by atoms with Gasteiger partial charge in [0.25, 0.3) is 0 Å². The molecule has 5 nitrogen and oxygen atoms in total. The van der Waals surface area contributed by atoms with Crippen LogP contribution in [0, 0.1) is 4.64 Å². The van der Waals surface area contributed by atoms with Gasteiger partial charge in [0.1, 0.15) is 10.4 Å². The topological polar surface area (TPSA) is 66.7 Å². The van der Waals surface area contributed by atoms with E-state index in [9.17, 15) is 5.11 Å². The number of aryl methyl sites for hydroxylation is 1. The van der Waals surface area contributed by atoms with E-state index in [2.05, 4.69) is 39.7 Å². The fourth-order valence-corrected chi connectivity index (χ4v) is 3.46. The number of pyridine rings is 1.